The van der Waals surface area contributed by atoms with Crippen molar-refractivity contribution in [1.29, 1.82) is 0 Å². The van der Waals surface area contributed by atoms with Crippen molar-refractivity contribution in [3.63, 3.8) is 0 Å². The molecule has 0 heteroatoms. The maximum absolute atomic E-state index is 2.46. The van der Waals surface area contributed by atoms with Gasteiger partial charge in [-0.1, -0.05) is 124 Å². The minimum Gasteiger partial charge on any atom is -0.0654 e. The van der Waals surface area contributed by atoms with Crippen molar-refractivity contribution in [3.8, 4) is 0 Å². The molecule has 0 fully saturated rings. The fourth-order valence-corrected chi connectivity index (χ4v) is 4.73. The smallest absolute Gasteiger partial charge is 0.0187 e. The van der Waals surface area contributed by atoms with Crippen LogP contribution in [0.2, 0.25) is 0 Å². The van der Waals surface area contributed by atoms with Crippen LogP contribution in [0.1, 0.15) is 57.1 Å². The first-order valence-corrected chi connectivity index (χ1v) is 10.7. The van der Waals surface area contributed by atoms with Gasteiger partial charge in [-0.05, 0) is 39.1 Å². The summed E-state index contributed by atoms with van der Waals surface area (Å²) in [7, 11) is 0. The Morgan fingerprint density at radius 1 is 0.571 bits per heavy atom. The van der Waals surface area contributed by atoms with E-state index in [0.717, 1.165) is 0 Å². The SMILES string of the molecule is CCCCCCC(C)(c1cccc2ccccc12)c1cccc2ccccc12. The second-order valence-electron chi connectivity index (χ2n) is 8.20. The molecule has 0 saturated heterocycles. The van der Waals surface area contributed by atoms with Crippen molar-refractivity contribution in [2.24, 2.45) is 0 Å². The fraction of sp³-hybridized carbons (Fsp3) is 0.286. The quantitative estimate of drug-likeness (QED) is 0.289. The van der Waals surface area contributed by atoms with E-state index in [2.05, 4.69) is 98.8 Å². The lowest BCUT2D eigenvalue weighted by Crippen LogP contribution is -2.24. The maximum Gasteiger partial charge on any atom is 0.0187 e. The first-order chi connectivity index (χ1) is 13.7. The summed E-state index contributed by atoms with van der Waals surface area (Å²) in [6.07, 6.45) is 6.34. The molecule has 0 amide bonds. The summed E-state index contributed by atoms with van der Waals surface area (Å²) in [5, 5.41) is 5.44. The average Bonchev–Trinajstić information content (AvgIpc) is 2.76. The number of rotatable bonds is 7. The highest BCUT2D eigenvalue weighted by Crippen LogP contribution is 2.43. The van der Waals surface area contributed by atoms with E-state index in [4.69, 9.17) is 0 Å². The lowest BCUT2D eigenvalue weighted by atomic mass is 9.70. The standard InChI is InChI=1S/C28H30/c1-3-4-5-10-21-28(2,26-19-11-15-22-13-6-8-17-24(22)26)27-20-12-16-23-14-7-9-18-25(23)27/h6-9,11-20H,3-5,10,21H2,1-2H3. The van der Waals surface area contributed by atoms with E-state index in [1.807, 2.05) is 0 Å². The van der Waals surface area contributed by atoms with Crippen molar-refractivity contribution in [2.75, 3.05) is 0 Å². The van der Waals surface area contributed by atoms with Crippen LogP contribution in [0.3, 0.4) is 0 Å². The van der Waals surface area contributed by atoms with Crippen molar-refractivity contribution >= 4 is 21.5 Å². The van der Waals surface area contributed by atoms with Crippen LogP contribution >= 0.6 is 0 Å². The molecule has 0 radical (unpaired) electrons. The molecule has 0 unspecified atom stereocenters. The maximum atomic E-state index is 2.46. The molecular formula is C28H30. The first-order valence-electron chi connectivity index (χ1n) is 10.7. The van der Waals surface area contributed by atoms with Gasteiger partial charge in [-0.15, -0.1) is 0 Å². The lowest BCUT2D eigenvalue weighted by Gasteiger charge is -2.33. The van der Waals surface area contributed by atoms with Crippen molar-refractivity contribution in [3.05, 3.63) is 96.1 Å². The van der Waals surface area contributed by atoms with E-state index < -0.39 is 0 Å². The molecule has 0 saturated carbocycles. The third kappa shape index (κ3) is 3.44. The largest absolute Gasteiger partial charge is 0.0654 e. The summed E-state index contributed by atoms with van der Waals surface area (Å²) in [5.74, 6) is 0. The Morgan fingerprint density at radius 2 is 1.07 bits per heavy atom. The molecule has 28 heavy (non-hydrogen) atoms. The molecule has 142 valence electrons. The lowest BCUT2D eigenvalue weighted by molar-refractivity contribution is 0.484. The molecule has 0 aliphatic carbocycles. The molecule has 0 nitrogen and oxygen atoms in total. The molecule has 0 spiro atoms. The molecule has 4 aromatic carbocycles. The summed E-state index contributed by atoms with van der Waals surface area (Å²) in [5.41, 5.74) is 2.91. The van der Waals surface area contributed by atoms with Crippen molar-refractivity contribution in [1.82, 2.24) is 0 Å². The molecule has 4 rings (SSSR count). The number of hydrogen-bond acceptors (Lipinski definition) is 0. The number of fused-ring (bicyclic) bond motifs is 2. The van der Waals surface area contributed by atoms with Crippen molar-refractivity contribution in [2.45, 2.75) is 51.4 Å². The Labute approximate surface area is 169 Å². The highest BCUT2D eigenvalue weighted by molar-refractivity contribution is 5.91. The Morgan fingerprint density at radius 3 is 1.61 bits per heavy atom. The van der Waals surface area contributed by atoms with Crippen molar-refractivity contribution < 1.29 is 0 Å². The predicted octanol–water partition coefficient (Wildman–Crippen LogP) is 8.27. The van der Waals surface area contributed by atoms with Gasteiger partial charge in [-0.25, -0.2) is 0 Å². The summed E-state index contributed by atoms with van der Waals surface area (Å²) in [6.45, 7) is 4.75. The molecule has 4 aromatic rings. The van der Waals surface area contributed by atoms with Gasteiger partial charge < -0.3 is 0 Å². The highest BCUT2D eigenvalue weighted by atomic mass is 14.3. The van der Waals surface area contributed by atoms with Crippen LogP contribution in [0.25, 0.3) is 21.5 Å². The Bertz CT molecular complexity index is 984. The highest BCUT2D eigenvalue weighted by Gasteiger charge is 2.31. The number of hydrogen-bond donors (Lipinski definition) is 0. The van der Waals surface area contributed by atoms with Gasteiger partial charge in [-0.3, -0.25) is 0 Å². The number of unbranched alkanes of at least 4 members (excludes halogenated alkanes) is 3. The zero-order chi connectivity index (χ0) is 19.4. The molecule has 0 aliphatic rings. The Hall–Kier alpha value is -2.60. The van der Waals surface area contributed by atoms with Gasteiger partial charge in [0.15, 0.2) is 0 Å². The minimum absolute atomic E-state index is 0.00450. The molecule has 0 aliphatic heterocycles. The molecular weight excluding hydrogens is 336 g/mol. The molecule has 0 aromatic heterocycles. The third-order valence-electron chi connectivity index (χ3n) is 6.30. The summed E-state index contributed by atoms with van der Waals surface area (Å²) >= 11 is 0. The van der Waals surface area contributed by atoms with E-state index >= 15 is 0 Å². The Kier molecular flexibility index (Phi) is 5.48. The van der Waals surface area contributed by atoms with Gasteiger partial charge in [0.25, 0.3) is 0 Å². The average molecular weight is 367 g/mol. The molecule has 0 heterocycles. The molecule has 0 N–H and O–H groups in total. The van der Waals surface area contributed by atoms with Crippen LogP contribution in [-0.2, 0) is 5.41 Å². The van der Waals surface area contributed by atoms with E-state index in [1.54, 1.807) is 0 Å². The zero-order valence-electron chi connectivity index (χ0n) is 17.1. The summed E-state index contributed by atoms with van der Waals surface area (Å²) in [4.78, 5) is 0. The number of benzene rings is 4. The van der Waals surface area contributed by atoms with E-state index in [1.165, 1.54) is 64.8 Å². The van der Waals surface area contributed by atoms with Crippen LogP contribution in [-0.4, -0.2) is 0 Å². The monoisotopic (exact) mass is 366 g/mol. The first kappa shape index (κ1) is 18.7. The minimum atomic E-state index is -0.00450. The topological polar surface area (TPSA) is 0 Å². The van der Waals surface area contributed by atoms with Crippen LogP contribution in [0.15, 0.2) is 84.9 Å². The zero-order valence-corrected chi connectivity index (χ0v) is 17.1. The molecule has 0 bridgehead atoms. The third-order valence-corrected chi connectivity index (χ3v) is 6.30. The van der Waals surface area contributed by atoms with Crippen LogP contribution < -0.4 is 0 Å². The van der Waals surface area contributed by atoms with Gasteiger partial charge in [0, 0.05) is 5.41 Å². The van der Waals surface area contributed by atoms with Gasteiger partial charge in [-0.2, -0.15) is 0 Å². The molecule has 0 atom stereocenters. The fourth-order valence-electron chi connectivity index (χ4n) is 4.73. The van der Waals surface area contributed by atoms with Gasteiger partial charge >= 0.3 is 0 Å². The second-order valence-corrected chi connectivity index (χ2v) is 8.20. The van der Waals surface area contributed by atoms with E-state index in [0.29, 0.717) is 0 Å². The van der Waals surface area contributed by atoms with E-state index in [9.17, 15) is 0 Å². The van der Waals surface area contributed by atoms with Gasteiger partial charge in [0.2, 0.25) is 0 Å². The van der Waals surface area contributed by atoms with Crippen LogP contribution in [0.5, 0.6) is 0 Å². The van der Waals surface area contributed by atoms with E-state index in [-0.39, 0.29) is 5.41 Å². The second kappa shape index (κ2) is 8.19. The summed E-state index contributed by atoms with van der Waals surface area (Å²) < 4.78 is 0. The van der Waals surface area contributed by atoms with Gasteiger partial charge in [0.1, 0.15) is 0 Å². The summed E-state index contributed by atoms with van der Waals surface area (Å²) in [6, 6.07) is 31.3. The normalized spacial score (nSPS) is 11.9. The predicted molar refractivity (Wildman–Crippen MR) is 123 cm³/mol. The van der Waals surface area contributed by atoms with Gasteiger partial charge in [0.05, 0.1) is 0 Å². The van der Waals surface area contributed by atoms with Crippen LogP contribution in [0.4, 0.5) is 0 Å². The Balaban J connectivity index is 1.91. The van der Waals surface area contributed by atoms with Crippen LogP contribution in [0, 0.1) is 0 Å².